The van der Waals surface area contributed by atoms with Crippen molar-refractivity contribution in [2.24, 2.45) is 0 Å². The van der Waals surface area contributed by atoms with Gasteiger partial charge in [-0.25, -0.2) is 0 Å². The quantitative estimate of drug-likeness (QED) is 0.204. The molecule has 26 heavy (non-hydrogen) atoms. The van der Waals surface area contributed by atoms with Gasteiger partial charge in [-0.15, -0.1) is 0 Å². The second-order valence-electron chi connectivity index (χ2n) is 6.22. The monoisotopic (exact) mass is 578 g/mol. The van der Waals surface area contributed by atoms with E-state index in [0.717, 1.165) is 28.9 Å². The summed E-state index contributed by atoms with van der Waals surface area (Å²) in [7, 11) is 2.22. The Morgan fingerprint density at radius 3 is 2.65 bits per heavy atom. The van der Waals surface area contributed by atoms with E-state index in [1.54, 1.807) is 11.8 Å². The van der Waals surface area contributed by atoms with Gasteiger partial charge >= 0.3 is 196 Å². The van der Waals surface area contributed by atoms with E-state index >= 15 is 0 Å². The van der Waals surface area contributed by atoms with Gasteiger partial charge in [0.1, 0.15) is 6.29 Å². The fourth-order valence-corrected chi connectivity index (χ4v) is 17.3. The second-order valence-corrected chi connectivity index (χ2v) is 36.8. The third kappa shape index (κ3) is 11.6. The predicted molar refractivity (Wildman–Crippen MR) is 121 cm³/mol. The topological polar surface area (TPSA) is 64.4 Å². The second kappa shape index (κ2) is 16.4. The molecule has 0 bridgehead atoms. The van der Waals surface area contributed by atoms with Crippen LogP contribution < -0.4 is 0 Å². The molecule has 0 aliphatic carbocycles. The number of nitrogens with zero attached hydrogens (tertiary/aromatic N) is 1. The van der Waals surface area contributed by atoms with Crippen molar-refractivity contribution in [1.29, 1.82) is 5.41 Å². The Morgan fingerprint density at radius 1 is 1.50 bits per heavy atom. The van der Waals surface area contributed by atoms with Gasteiger partial charge < -0.3 is 4.79 Å². The molecule has 1 unspecified atom stereocenters. The summed E-state index contributed by atoms with van der Waals surface area (Å²) in [5.74, 6) is 2.48. The van der Waals surface area contributed by atoms with Crippen LogP contribution in [0, 0.1) is 12.3 Å². The number of para-hydroxylation sites is 1. The minimum absolute atomic E-state index is 0.265. The maximum atomic E-state index is 10.1. The Labute approximate surface area is 210 Å². The molecule has 2 atom stereocenters. The van der Waals surface area contributed by atoms with Gasteiger partial charge in [0.25, 0.3) is 0 Å². The number of phenolic OH excluding ortho intramolecular Hbond substituents is 1. The molecule has 1 aromatic carbocycles. The summed E-state index contributed by atoms with van der Waals surface area (Å²) in [5, 5.41) is 19.0. The van der Waals surface area contributed by atoms with Crippen molar-refractivity contribution in [2.75, 3.05) is 37.9 Å². The van der Waals surface area contributed by atoms with Crippen molar-refractivity contribution < 1.29 is 9.90 Å². The summed E-state index contributed by atoms with van der Waals surface area (Å²) in [5.41, 5.74) is 4.02. The van der Waals surface area contributed by atoms with Crippen LogP contribution in [0.5, 0.6) is 5.75 Å². The van der Waals surface area contributed by atoms with Crippen LogP contribution in [0.2, 0.25) is 10.4 Å². The number of rotatable bonds is 9. The Balaban J connectivity index is 0.00000194. The van der Waals surface area contributed by atoms with E-state index in [4.69, 9.17) is 10.2 Å². The summed E-state index contributed by atoms with van der Waals surface area (Å²) in [4.78, 5) is 11.3. The van der Waals surface area contributed by atoms with E-state index in [1.807, 2.05) is 36.9 Å². The zero-order valence-corrected chi connectivity index (χ0v) is 26.6. The van der Waals surface area contributed by atoms with Gasteiger partial charge in [0.2, 0.25) is 0 Å². The summed E-state index contributed by atoms with van der Waals surface area (Å²) in [6, 6.07) is 5.66. The fourth-order valence-electron chi connectivity index (χ4n) is 2.16. The number of thioether (sulfide) groups is 2. The average molecular weight is 578 g/mol. The molecular formula is C18H30AsCsN2O2S2. The van der Waals surface area contributed by atoms with Crippen LogP contribution in [-0.2, 0) is 4.79 Å². The van der Waals surface area contributed by atoms with Crippen LogP contribution in [0.4, 0.5) is 0 Å². The first-order chi connectivity index (χ1) is 12.3. The van der Waals surface area contributed by atoms with E-state index < -0.39 is 0.797 Å². The third-order valence-corrected chi connectivity index (χ3v) is 21.7. The zero-order valence-electron chi connectivity index (χ0n) is 16.8. The van der Waals surface area contributed by atoms with Gasteiger partial charge in [-0.2, -0.15) is 0 Å². The van der Waals surface area contributed by atoms with Crippen molar-refractivity contribution >= 4 is 96.9 Å². The van der Waals surface area contributed by atoms with Crippen molar-refractivity contribution in [2.45, 2.75) is 24.3 Å². The van der Waals surface area contributed by atoms with Crippen LogP contribution in [0.1, 0.15) is 18.1 Å². The number of nitrogens with one attached hydrogen (secondary N) is 1. The van der Waals surface area contributed by atoms with E-state index in [-0.39, 0.29) is 5.75 Å². The molecule has 8 heteroatoms. The van der Waals surface area contributed by atoms with Gasteiger partial charge in [-0.1, -0.05) is 0 Å². The zero-order chi connectivity index (χ0) is 20.1. The van der Waals surface area contributed by atoms with Crippen molar-refractivity contribution in [3.63, 3.8) is 0 Å². The van der Waals surface area contributed by atoms with E-state index in [0.29, 0.717) is 71.9 Å². The van der Waals surface area contributed by atoms with Crippen molar-refractivity contribution in [3.05, 3.63) is 29.3 Å². The molecule has 4 nitrogen and oxygen atoms in total. The average Bonchev–Trinajstić information content (AvgIpc) is 2.59. The molecule has 0 saturated heterocycles. The molecule has 0 aliphatic heterocycles. The number of aldehydes is 1. The van der Waals surface area contributed by atoms with E-state index in [2.05, 4.69) is 23.9 Å². The Morgan fingerprint density at radius 2 is 2.12 bits per heavy atom. The maximum absolute atomic E-state index is 10.1. The number of carbonyl (C=O) groups is 1. The Kier molecular flexibility index (Phi) is 17.5. The summed E-state index contributed by atoms with van der Waals surface area (Å²) >= 11 is 4.19. The third-order valence-electron chi connectivity index (χ3n) is 3.83. The van der Waals surface area contributed by atoms with E-state index in [9.17, 15) is 5.11 Å². The van der Waals surface area contributed by atoms with Crippen molar-refractivity contribution in [1.82, 2.24) is 4.90 Å². The number of carbonyl (C=O) groups excluding carboxylic acids is 1. The molecule has 0 spiro atoms. The first kappa shape index (κ1) is 27.6. The normalized spacial score (nSPS) is 12.9. The fraction of sp³-hybridized carbons (Fsp3) is 0.556. The molecule has 0 saturated carbocycles. The summed E-state index contributed by atoms with van der Waals surface area (Å²) in [6.45, 7) is 5.65. The van der Waals surface area contributed by atoms with Crippen LogP contribution >= 0.6 is 23.5 Å². The van der Waals surface area contributed by atoms with Gasteiger partial charge in [0.05, 0.1) is 0 Å². The summed E-state index contributed by atoms with van der Waals surface area (Å²) < 4.78 is 0.161. The van der Waals surface area contributed by atoms with Crippen LogP contribution in [0.15, 0.2) is 18.2 Å². The van der Waals surface area contributed by atoms with Gasteiger partial charge in [-0.05, 0) is 6.92 Å². The number of hydrogen-bond donors (Lipinski definition) is 2. The summed E-state index contributed by atoms with van der Waals surface area (Å²) in [6.07, 6.45) is 2.91. The Bertz CT molecular complexity index is 562. The van der Waals surface area contributed by atoms with Gasteiger partial charge in [0, 0.05) is 0 Å². The predicted octanol–water partition coefficient (Wildman–Crippen LogP) is 3.42. The minimum atomic E-state index is -0.625. The molecule has 0 aromatic heterocycles. The van der Waals surface area contributed by atoms with Gasteiger partial charge in [0.15, 0.2) is 0 Å². The first-order valence-corrected chi connectivity index (χ1v) is 30.3. The molecule has 0 amide bonds. The molecule has 1 rings (SSSR count). The van der Waals surface area contributed by atoms with Crippen LogP contribution in [0.3, 0.4) is 0 Å². The molecule has 142 valence electrons. The molecule has 0 aliphatic rings. The van der Waals surface area contributed by atoms with Gasteiger partial charge in [-0.3, -0.25) is 0 Å². The molecule has 0 fully saturated rings. The number of aromatic hydroxyl groups is 1. The molecular weight excluding hydrogens is 548 g/mol. The van der Waals surface area contributed by atoms with Crippen LogP contribution in [0.25, 0.3) is 0 Å². The SMILES string of the molecule is CC=O.CSCCN(C)C[C@H](CSC(=N)c1cccc(C)c1O)[As](C)[Cs]. The Hall–Kier alpha value is 1.63. The number of aryl methyl sites for hydroxylation is 1. The molecule has 0 heterocycles. The molecule has 0 radical (unpaired) electrons. The number of hydrogen-bond acceptors (Lipinski definition) is 6. The molecule has 2 N–H and O–H groups in total. The molecule has 1 aromatic rings. The standard InChI is InChI=1S/C16H26AsN2OS2.C2H4O.Cs/c1-12-6-5-7-14(15(12)20)16(18)22-11-13(17-2)10-19(3)8-9-21-4;1-2-3;/h5-7,13,18,20H,8-11H2,1-4H3;2H,1H3;/q-1;;+1/t13-;;/m1../s1. The first-order valence-electron chi connectivity index (χ1n) is 8.52. The van der Waals surface area contributed by atoms with E-state index in [1.165, 1.54) is 19.2 Å². The number of phenols is 1. The van der Waals surface area contributed by atoms with Crippen LogP contribution in [-0.4, -0.2) is 121 Å². The van der Waals surface area contributed by atoms with Crippen molar-refractivity contribution in [3.8, 4) is 5.75 Å². The number of benzene rings is 1.